The predicted molar refractivity (Wildman–Crippen MR) is 117 cm³/mol. The number of hydrogen-bond donors (Lipinski definition) is 0. The second-order valence-corrected chi connectivity index (χ2v) is 9.22. The van der Waals surface area contributed by atoms with Gasteiger partial charge in [-0.2, -0.15) is 4.57 Å². The molecule has 3 heterocycles. The first-order chi connectivity index (χ1) is 14.9. The summed E-state index contributed by atoms with van der Waals surface area (Å²) in [4.78, 5) is 45.0. The molecule has 0 radical (unpaired) electrons. The third kappa shape index (κ3) is 3.11. The Morgan fingerprint density at radius 2 is 1.78 bits per heavy atom. The van der Waals surface area contributed by atoms with E-state index in [2.05, 4.69) is 0 Å². The van der Waals surface area contributed by atoms with Crippen molar-refractivity contribution in [1.29, 1.82) is 0 Å². The van der Waals surface area contributed by atoms with Crippen LogP contribution in [0.5, 0.6) is 5.75 Å². The minimum absolute atomic E-state index is 0.00708. The molecule has 32 heavy (non-hydrogen) atoms. The second kappa shape index (κ2) is 7.29. The van der Waals surface area contributed by atoms with Crippen LogP contribution in [-0.4, -0.2) is 58.6 Å². The van der Waals surface area contributed by atoms with Gasteiger partial charge in [-0.3, -0.25) is 19.4 Å². The number of hydrogen-bond acceptors (Lipinski definition) is 5. The number of carbonyl (C=O) groups is 3. The summed E-state index contributed by atoms with van der Waals surface area (Å²) in [5.74, 6) is 1.13. The summed E-state index contributed by atoms with van der Waals surface area (Å²) in [6, 6.07) is 6.30. The molecule has 3 amide bonds. The van der Waals surface area contributed by atoms with Crippen LogP contribution < -0.4 is 9.30 Å². The number of Topliss-reactive ketones (excluding diaryl/α,β-unsaturated/α-hetero) is 1. The van der Waals surface area contributed by atoms with Crippen LogP contribution in [0.4, 0.5) is 10.7 Å². The number of nitrogens with zero attached hydrogens (tertiary/aromatic N) is 5. The van der Waals surface area contributed by atoms with Gasteiger partial charge in [0.2, 0.25) is 11.9 Å². The van der Waals surface area contributed by atoms with E-state index in [0.717, 1.165) is 16.3 Å². The van der Waals surface area contributed by atoms with Crippen molar-refractivity contribution in [1.82, 2.24) is 14.4 Å². The number of aliphatic imine (C=N–C) groups is 1. The highest BCUT2D eigenvalue weighted by atomic mass is 16.5. The molecule has 2 aromatic rings. The summed E-state index contributed by atoms with van der Waals surface area (Å²) in [7, 11) is 3.09. The maximum Gasteiger partial charge on any atom is 0.407 e. The molecule has 0 bridgehead atoms. The lowest BCUT2D eigenvalue weighted by atomic mass is 9.91. The molecule has 9 nitrogen and oxygen atoms in total. The number of amides is 3. The van der Waals surface area contributed by atoms with Gasteiger partial charge >= 0.3 is 12.0 Å². The molecule has 1 saturated heterocycles. The number of imidazole rings is 1. The fraction of sp³-hybridized carbons (Fsp3) is 0.435. The quantitative estimate of drug-likeness (QED) is 0.686. The summed E-state index contributed by atoms with van der Waals surface area (Å²) >= 11 is 0. The van der Waals surface area contributed by atoms with Gasteiger partial charge in [0, 0.05) is 19.5 Å². The summed E-state index contributed by atoms with van der Waals surface area (Å²) < 4.78 is 9.69. The molecule has 2 aliphatic heterocycles. The highest BCUT2D eigenvalue weighted by molar-refractivity contribution is 6.18. The number of imide groups is 1. The molecule has 1 unspecified atom stereocenters. The zero-order valence-electron chi connectivity index (χ0n) is 19.5. The number of urea groups is 1. The second-order valence-electron chi connectivity index (χ2n) is 9.22. The van der Waals surface area contributed by atoms with Crippen LogP contribution in [0, 0.1) is 19.3 Å². The maximum atomic E-state index is 13.0. The molecular formula is C23H28N5O4+. The van der Waals surface area contributed by atoms with E-state index in [4.69, 9.17) is 9.73 Å². The molecule has 2 aliphatic rings. The molecule has 0 aliphatic carbocycles. The van der Waals surface area contributed by atoms with Gasteiger partial charge in [-0.25, -0.2) is 9.36 Å². The number of carbonyl (C=O) groups excluding carboxylic acids is 3. The molecule has 168 valence electrons. The average Bonchev–Trinajstić information content (AvgIpc) is 3.24. The van der Waals surface area contributed by atoms with Crippen molar-refractivity contribution >= 4 is 29.5 Å². The Balaban J connectivity index is 1.82. The normalized spacial score (nSPS) is 18.0. The van der Waals surface area contributed by atoms with E-state index in [1.165, 1.54) is 11.9 Å². The lowest BCUT2D eigenvalue weighted by molar-refractivity contribution is -0.682. The van der Waals surface area contributed by atoms with Crippen LogP contribution in [0.3, 0.4) is 0 Å². The molecule has 1 atom stereocenters. The first-order valence-electron chi connectivity index (χ1n) is 10.5. The van der Waals surface area contributed by atoms with Crippen LogP contribution in [0.15, 0.2) is 29.3 Å². The molecule has 4 rings (SSSR count). The van der Waals surface area contributed by atoms with Gasteiger partial charge in [-0.1, -0.05) is 37.9 Å². The standard InChI is InChI=1S/C23H28N5O4/c1-13-14(2)28-18-19(25(6)22(31)26(7)20(18)30)24-21(28)27(13)15-10-8-9-11-16(15)32-12-17(29)23(3,4)5/h8-11,18H,12H2,1-7H3/q+1. The number of ketones is 1. The predicted octanol–water partition coefficient (Wildman–Crippen LogP) is 2.48. The number of rotatable bonds is 4. The van der Waals surface area contributed by atoms with Crippen molar-refractivity contribution < 1.29 is 23.7 Å². The Hall–Kier alpha value is -3.49. The van der Waals surface area contributed by atoms with Crippen molar-refractivity contribution in [2.45, 2.75) is 40.7 Å². The zero-order chi connectivity index (χ0) is 23.5. The van der Waals surface area contributed by atoms with Crippen molar-refractivity contribution in [3.8, 4) is 11.4 Å². The highest BCUT2D eigenvalue weighted by Gasteiger charge is 2.53. The Bertz CT molecular complexity index is 1190. The Morgan fingerprint density at radius 1 is 1.12 bits per heavy atom. The van der Waals surface area contributed by atoms with Crippen LogP contribution in [0.2, 0.25) is 0 Å². The highest BCUT2D eigenvalue weighted by Crippen LogP contribution is 2.35. The van der Waals surface area contributed by atoms with Crippen molar-refractivity contribution in [3.63, 3.8) is 0 Å². The van der Waals surface area contributed by atoms with Crippen molar-refractivity contribution in [2.75, 3.05) is 20.7 Å². The largest absolute Gasteiger partial charge is 0.482 e. The lowest BCUT2D eigenvalue weighted by Gasteiger charge is -2.30. The van der Waals surface area contributed by atoms with Crippen molar-refractivity contribution in [2.24, 2.45) is 10.4 Å². The van der Waals surface area contributed by atoms with Gasteiger partial charge in [0.1, 0.15) is 23.7 Å². The summed E-state index contributed by atoms with van der Waals surface area (Å²) in [5.41, 5.74) is 1.95. The van der Waals surface area contributed by atoms with E-state index in [9.17, 15) is 14.4 Å². The summed E-state index contributed by atoms with van der Waals surface area (Å²) in [5, 5.41) is 0. The smallest absolute Gasteiger partial charge is 0.407 e. The third-order valence-corrected chi connectivity index (χ3v) is 6.14. The molecule has 0 N–H and O–H groups in total. The summed E-state index contributed by atoms with van der Waals surface area (Å²) in [6.45, 7) is 9.39. The maximum absolute atomic E-state index is 13.0. The first kappa shape index (κ1) is 21.7. The van der Waals surface area contributed by atoms with E-state index in [-0.39, 0.29) is 18.3 Å². The number of likely N-dealkylation sites (N-methyl/N-ethyl adjacent to an activating group) is 2. The van der Waals surface area contributed by atoms with Gasteiger partial charge in [0.25, 0.3) is 5.91 Å². The number of para-hydroxylation sites is 2. The number of ether oxygens (including phenoxy) is 1. The van der Waals surface area contributed by atoms with Gasteiger partial charge < -0.3 is 4.74 Å². The number of aromatic nitrogens is 2. The van der Waals surface area contributed by atoms with Gasteiger partial charge in [-0.05, 0) is 26.0 Å². The van der Waals surface area contributed by atoms with E-state index < -0.39 is 17.5 Å². The third-order valence-electron chi connectivity index (χ3n) is 6.14. The Labute approximate surface area is 186 Å². The van der Waals surface area contributed by atoms with Gasteiger partial charge in [0.15, 0.2) is 11.5 Å². The van der Waals surface area contributed by atoms with Gasteiger partial charge in [0.05, 0.1) is 0 Å². The first-order valence-corrected chi connectivity index (χ1v) is 10.5. The fourth-order valence-electron chi connectivity index (χ4n) is 3.93. The Kier molecular flexibility index (Phi) is 4.95. The molecular weight excluding hydrogens is 410 g/mol. The number of fused-ring (bicyclic) bond motifs is 3. The monoisotopic (exact) mass is 438 g/mol. The van der Waals surface area contributed by atoms with Crippen LogP contribution >= 0.6 is 0 Å². The van der Waals surface area contributed by atoms with Crippen LogP contribution in [-0.2, 0) is 9.59 Å². The van der Waals surface area contributed by atoms with Crippen LogP contribution in [0.25, 0.3) is 5.69 Å². The zero-order valence-corrected chi connectivity index (χ0v) is 19.5. The SMILES string of the molecule is Cc1c(C)[n+]2c(n1-c1ccccc1OCC(=O)C(C)(C)C)N=C1C2C(=O)N(C)C(=O)N1C. The topological polar surface area (TPSA) is 88.1 Å². The molecule has 1 fully saturated rings. The molecule has 1 aromatic carbocycles. The van der Waals surface area contributed by atoms with E-state index >= 15 is 0 Å². The Morgan fingerprint density at radius 3 is 2.44 bits per heavy atom. The fourth-order valence-corrected chi connectivity index (χ4v) is 3.93. The van der Waals surface area contributed by atoms with Gasteiger partial charge in [-0.15, -0.1) is 0 Å². The van der Waals surface area contributed by atoms with E-state index in [1.54, 1.807) is 13.1 Å². The lowest BCUT2D eigenvalue weighted by Crippen LogP contribution is -2.62. The molecule has 0 spiro atoms. The molecule has 0 saturated carbocycles. The van der Waals surface area contributed by atoms with Crippen LogP contribution in [0.1, 0.15) is 38.2 Å². The number of benzene rings is 1. The van der Waals surface area contributed by atoms with Crippen molar-refractivity contribution in [3.05, 3.63) is 35.7 Å². The minimum Gasteiger partial charge on any atom is -0.482 e. The van der Waals surface area contributed by atoms with E-state index in [1.807, 2.05) is 62.0 Å². The minimum atomic E-state index is -0.701. The number of amidine groups is 1. The molecule has 9 heteroatoms. The molecule has 1 aromatic heterocycles. The average molecular weight is 439 g/mol. The summed E-state index contributed by atoms with van der Waals surface area (Å²) in [6.07, 6.45) is 0. The van der Waals surface area contributed by atoms with E-state index in [0.29, 0.717) is 23.2 Å².